The first-order chi connectivity index (χ1) is 16.6. The van der Waals surface area contributed by atoms with Crippen LogP contribution in [0.15, 0.2) is 36.4 Å². The molecule has 3 aliphatic rings. The first-order valence-electron chi connectivity index (χ1n) is 12.8. The Morgan fingerprint density at radius 2 is 2.00 bits per heavy atom. The summed E-state index contributed by atoms with van der Waals surface area (Å²) >= 11 is 0. The first-order valence-corrected chi connectivity index (χ1v) is 12.8. The predicted octanol–water partition coefficient (Wildman–Crippen LogP) is 3.00. The maximum Gasteiger partial charge on any atom is 0.236 e. The molecule has 34 heavy (non-hydrogen) atoms. The zero-order chi connectivity index (χ0) is 23.8. The van der Waals surface area contributed by atoms with Gasteiger partial charge in [0.1, 0.15) is 12.4 Å². The number of carbonyl (C=O) groups is 2. The van der Waals surface area contributed by atoms with Gasteiger partial charge in [-0.05, 0) is 37.2 Å². The van der Waals surface area contributed by atoms with Crippen LogP contribution in [0.3, 0.4) is 0 Å². The second-order valence-corrected chi connectivity index (χ2v) is 9.79. The minimum atomic E-state index is 0.0516. The molecule has 0 spiro atoms. The maximum atomic E-state index is 13.4. The molecular formula is C27H39N3O4. The summed E-state index contributed by atoms with van der Waals surface area (Å²) in [5.74, 6) is 1.50. The van der Waals surface area contributed by atoms with E-state index in [-0.39, 0.29) is 23.7 Å². The fourth-order valence-corrected chi connectivity index (χ4v) is 5.55. The van der Waals surface area contributed by atoms with E-state index in [4.69, 9.17) is 9.47 Å². The lowest BCUT2D eigenvalue weighted by molar-refractivity contribution is -0.135. The lowest BCUT2D eigenvalue weighted by Gasteiger charge is -2.38. The van der Waals surface area contributed by atoms with E-state index >= 15 is 0 Å². The Morgan fingerprint density at radius 3 is 2.82 bits per heavy atom. The Labute approximate surface area is 203 Å². The molecule has 4 rings (SSSR count). The van der Waals surface area contributed by atoms with E-state index in [1.54, 1.807) is 7.11 Å². The van der Waals surface area contributed by atoms with Crippen molar-refractivity contribution in [3.63, 3.8) is 0 Å². The van der Waals surface area contributed by atoms with E-state index in [2.05, 4.69) is 28.4 Å². The highest BCUT2D eigenvalue weighted by Gasteiger charge is 2.33. The van der Waals surface area contributed by atoms with Crippen LogP contribution >= 0.6 is 0 Å². The molecule has 2 aliphatic heterocycles. The number of methoxy groups -OCH3 is 1. The van der Waals surface area contributed by atoms with E-state index in [0.29, 0.717) is 51.9 Å². The Balaban J connectivity index is 1.50. The summed E-state index contributed by atoms with van der Waals surface area (Å²) in [6.07, 6.45) is 10.3. The molecule has 2 atom stereocenters. The second kappa shape index (κ2) is 12.4. The molecule has 186 valence electrons. The zero-order valence-electron chi connectivity index (χ0n) is 20.4. The summed E-state index contributed by atoms with van der Waals surface area (Å²) in [5.41, 5.74) is 1.14. The Kier molecular flexibility index (Phi) is 8.99. The van der Waals surface area contributed by atoms with Gasteiger partial charge in [-0.2, -0.15) is 0 Å². The Morgan fingerprint density at radius 1 is 1.18 bits per heavy atom. The number of nitrogens with one attached hydrogen (secondary N) is 1. The molecule has 1 saturated heterocycles. The van der Waals surface area contributed by atoms with Crippen molar-refractivity contribution in [1.82, 2.24) is 15.1 Å². The second-order valence-electron chi connectivity index (χ2n) is 9.79. The van der Waals surface area contributed by atoms with Crippen LogP contribution in [0.25, 0.3) is 0 Å². The molecule has 2 heterocycles. The third-order valence-electron chi connectivity index (χ3n) is 7.48. The number of para-hydroxylation sites is 1. The zero-order valence-corrected chi connectivity index (χ0v) is 20.4. The number of fused-ring (bicyclic) bond motifs is 3. The molecule has 1 aliphatic carbocycles. The van der Waals surface area contributed by atoms with Crippen molar-refractivity contribution in [2.24, 2.45) is 11.8 Å². The highest BCUT2D eigenvalue weighted by Crippen LogP contribution is 2.31. The van der Waals surface area contributed by atoms with Gasteiger partial charge in [0.25, 0.3) is 0 Å². The largest absolute Gasteiger partial charge is 0.489 e. The van der Waals surface area contributed by atoms with Crippen molar-refractivity contribution < 1.29 is 19.1 Å². The number of ether oxygens (including phenoxy) is 2. The van der Waals surface area contributed by atoms with Crippen molar-refractivity contribution in [1.29, 1.82) is 0 Å². The maximum absolute atomic E-state index is 13.4. The van der Waals surface area contributed by atoms with E-state index in [1.165, 1.54) is 12.8 Å². The number of hydrogen-bond acceptors (Lipinski definition) is 5. The number of rotatable bonds is 6. The molecule has 1 aromatic rings. The fraction of sp³-hybridized carbons (Fsp3) is 0.630. The van der Waals surface area contributed by atoms with Gasteiger partial charge in [-0.1, -0.05) is 43.2 Å². The van der Waals surface area contributed by atoms with Crippen LogP contribution in [-0.4, -0.2) is 74.2 Å². The van der Waals surface area contributed by atoms with Crippen LogP contribution in [0.4, 0.5) is 0 Å². The van der Waals surface area contributed by atoms with Crippen molar-refractivity contribution >= 4 is 11.8 Å². The summed E-state index contributed by atoms with van der Waals surface area (Å²) in [7, 11) is 1.63. The average Bonchev–Trinajstić information content (AvgIpc) is 3.38. The summed E-state index contributed by atoms with van der Waals surface area (Å²) in [4.78, 5) is 30.3. The molecule has 2 amide bonds. The summed E-state index contributed by atoms with van der Waals surface area (Å²) in [6, 6.07) is 8.63. The van der Waals surface area contributed by atoms with Gasteiger partial charge >= 0.3 is 0 Å². The molecule has 2 bridgehead atoms. The predicted molar refractivity (Wildman–Crippen MR) is 131 cm³/mol. The van der Waals surface area contributed by atoms with Crippen LogP contribution in [0.1, 0.15) is 44.1 Å². The topological polar surface area (TPSA) is 71.1 Å². The number of piperidine rings is 1. The van der Waals surface area contributed by atoms with Gasteiger partial charge < -0.3 is 19.7 Å². The fourth-order valence-electron chi connectivity index (χ4n) is 5.55. The normalized spacial score (nSPS) is 24.5. The standard InChI is InChI=1S/C27H39N3O4/c1-33-16-13-28-26(31)17-21-12-14-29-18-22(21)8-6-15-34-25-11-5-2-7-23(25)19-30(20-27(29)32)24-9-3-4-10-24/h2,5-8,11,21-22,24H,3-4,9-10,12-20H2,1H3,(H,28,31)/t21-,22-/m0/s1. The molecule has 7 heteroatoms. The van der Waals surface area contributed by atoms with Crippen molar-refractivity contribution in [3.05, 3.63) is 42.0 Å². The smallest absolute Gasteiger partial charge is 0.236 e. The molecule has 1 N–H and O–H groups in total. The first kappa shape index (κ1) is 24.7. The molecule has 1 saturated carbocycles. The van der Waals surface area contributed by atoms with Gasteiger partial charge in [-0.15, -0.1) is 0 Å². The van der Waals surface area contributed by atoms with Crippen LogP contribution in [0, 0.1) is 11.8 Å². The number of benzene rings is 1. The third kappa shape index (κ3) is 6.60. The van der Waals surface area contributed by atoms with Crippen LogP contribution in [0.2, 0.25) is 0 Å². The quantitative estimate of drug-likeness (QED) is 0.512. The van der Waals surface area contributed by atoms with Gasteiger partial charge in [0.2, 0.25) is 11.8 Å². The van der Waals surface area contributed by atoms with E-state index in [1.807, 2.05) is 23.1 Å². The molecular weight excluding hydrogens is 430 g/mol. The van der Waals surface area contributed by atoms with E-state index in [9.17, 15) is 9.59 Å². The minimum Gasteiger partial charge on any atom is -0.489 e. The number of carbonyl (C=O) groups excluding carboxylic acids is 2. The molecule has 7 nitrogen and oxygen atoms in total. The number of nitrogens with zero attached hydrogens (tertiary/aromatic N) is 2. The van der Waals surface area contributed by atoms with Gasteiger partial charge in [0.15, 0.2) is 0 Å². The molecule has 0 aromatic heterocycles. The average molecular weight is 470 g/mol. The summed E-state index contributed by atoms with van der Waals surface area (Å²) < 4.78 is 11.2. The van der Waals surface area contributed by atoms with E-state index in [0.717, 1.165) is 37.1 Å². The van der Waals surface area contributed by atoms with Gasteiger partial charge in [0.05, 0.1) is 13.2 Å². The lowest BCUT2D eigenvalue weighted by atomic mass is 9.82. The van der Waals surface area contributed by atoms with Gasteiger partial charge in [-0.3, -0.25) is 14.5 Å². The Bertz CT molecular complexity index is 852. The van der Waals surface area contributed by atoms with Crippen LogP contribution in [-0.2, 0) is 20.9 Å². The number of amides is 2. The summed E-state index contributed by atoms with van der Waals surface area (Å²) in [5, 5.41) is 2.94. The van der Waals surface area contributed by atoms with Crippen molar-refractivity contribution in [2.75, 3.05) is 46.5 Å². The van der Waals surface area contributed by atoms with Crippen molar-refractivity contribution in [3.8, 4) is 5.75 Å². The molecule has 0 unspecified atom stereocenters. The van der Waals surface area contributed by atoms with Crippen molar-refractivity contribution in [2.45, 2.75) is 51.1 Å². The van der Waals surface area contributed by atoms with E-state index < -0.39 is 0 Å². The monoisotopic (exact) mass is 469 g/mol. The third-order valence-corrected chi connectivity index (χ3v) is 7.48. The minimum absolute atomic E-state index is 0.0516. The highest BCUT2D eigenvalue weighted by molar-refractivity contribution is 5.79. The molecule has 1 aromatic carbocycles. The number of hydrogen-bond donors (Lipinski definition) is 1. The summed E-state index contributed by atoms with van der Waals surface area (Å²) in [6.45, 7) is 4.07. The van der Waals surface area contributed by atoms with Gasteiger partial charge in [0, 0.05) is 51.3 Å². The molecule has 2 fully saturated rings. The SMILES string of the molecule is COCCNC(=O)C[C@@H]1CCN2C[C@@H]1C=CCOc1ccccc1CN(C1CCCC1)CC2=O. The van der Waals surface area contributed by atoms with Crippen LogP contribution in [0.5, 0.6) is 5.75 Å². The molecule has 0 radical (unpaired) electrons. The highest BCUT2D eigenvalue weighted by atomic mass is 16.5. The Hall–Kier alpha value is -2.38. The van der Waals surface area contributed by atoms with Gasteiger partial charge in [-0.25, -0.2) is 0 Å². The van der Waals surface area contributed by atoms with Crippen LogP contribution < -0.4 is 10.1 Å². The lowest BCUT2D eigenvalue weighted by Crippen LogP contribution is -2.49.